The topological polar surface area (TPSA) is 82.5 Å². The fourth-order valence-corrected chi connectivity index (χ4v) is 2.71. The second-order valence-electron chi connectivity index (χ2n) is 5.99. The minimum atomic E-state index is -0.381. The van der Waals surface area contributed by atoms with Crippen LogP contribution in [0.3, 0.4) is 0 Å². The molecule has 0 bridgehead atoms. The van der Waals surface area contributed by atoms with Gasteiger partial charge < -0.3 is 14.8 Å². The fourth-order valence-electron chi connectivity index (χ4n) is 2.71. The molecule has 0 atom stereocenters. The second-order valence-corrected chi connectivity index (χ2v) is 5.99. The summed E-state index contributed by atoms with van der Waals surface area (Å²) in [6.45, 7) is 0.180. The molecule has 0 saturated heterocycles. The van der Waals surface area contributed by atoms with E-state index in [1.807, 2.05) is 54.6 Å². The maximum atomic E-state index is 12.8. The Balaban J connectivity index is 1.95. The number of hydrogen-bond acceptors (Lipinski definition) is 5. The van der Waals surface area contributed by atoms with Crippen molar-refractivity contribution in [3.05, 3.63) is 66.4 Å². The zero-order valence-electron chi connectivity index (χ0n) is 15.7. The van der Waals surface area contributed by atoms with Gasteiger partial charge in [-0.2, -0.15) is 5.10 Å². The number of ether oxygens (including phenoxy) is 2. The molecule has 28 heavy (non-hydrogen) atoms. The van der Waals surface area contributed by atoms with Gasteiger partial charge in [-0.05, 0) is 24.3 Å². The highest BCUT2D eigenvalue weighted by Crippen LogP contribution is 2.27. The summed E-state index contributed by atoms with van der Waals surface area (Å²) in [4.78, 5) is 24.0. The van der Waals surface area contributed by atoms with Crippen LogP contribution < -0.4 is 10.1 Å². The molecule has 0 spiro atoms. The van der Waals surface area contributed by atoms with Gasteiger partial charge in [0.05, 0.1) is 31.9 Å². The van der Waals surface area contributed by atoms with E-state index in [-0.39, 0.29) is 24.8 Å². The summed E-state index contributed by atoms with van der Waals surface area (Å²) in [5.41, 5.74) is 2.52. The third-order valence-corrected chi connectivity index (χ3v) is 4.17. The number of esters is 1. The van der Waals surface area contributed by atoms with E-state index in [2.05, 4.69) is 15.2 Å². The van der Waals surface area contributed by atoms with Crippen molar-refractivity contribution in [2.75, 3.05) is 20.8 Å². The molecule has 144 valence electrons. The van der Waals surface area contributed by atoms with Crippen molar-refractivity contribution in [2.45, 2.75) is 6.42 Å². The number of nitrogens with zero attached hydrogens (tertiary/aromatic N) is 2. The van der Waals surface area contributed by atoms with Gasteiger partial charge in [0.25, 0.3) is 5.91 Å². The zero-order chi connectivity index (χ0) is 19.9. The number of para-hydroxylation sites is 1. The summed E-state index contributed by atoms with van der Waals surface area (Å²) in [7, 11) is 2.90. The van der Waals surface area contributed by atoms with Crippen molar-refractivity contribution in [3.8, 4) is 22.7 Å². The molecule has 0 fully saturated rings. The van der Waals surface area contributed by atoms with Gasteiger partial charge in [0, 0.05) is 18.3 Å². The third-order valence-electron chi connectivity index (χ3n) is 4.17. The fraction of sp³-hybridized carbons (Fsp3) is 0.190. The predicted octanol–water partition coefficient (Wildman–Crippen LogP) is 2.84. The summed E-state index contributed by atoms with van der Waals surface area (Å²) >= 11 is 0. The Hall–Kier alpha value is -3.61. The Labute approximate surface area is 162 Å². The summed E-state index contributed by atoms with van der Waals surface area (Å²) in [5, 5.41) is 7.36. The van der Waals surface area contributed by atoms with Crippen LogP contribution >= 0.6 is 0 Å². The number of methoxy groups -OCH3 is 2. The van der Waals surface area contributed by atoms with Gasteiger partial charge in [-0.3, -0.25) is 9.59 Å². The number of benzene rings is 2. The first-order valence-corrected chi connectivity index (χ1v) is 8.77. The van der Waals surface area contributed by atoms with Gasteiger partial charge in [-0.15, -0.1) is 0 Å². The molecule has 3 rings (SSSR count). The highest BCUT2D eigenvalue weighted by atomic mass is 16.5. The average Bonchev–Trinajstić information content (AvgIpc) is 3.20. The number of aromatic nitrogens is 2. The van der Waals surface area contributed by atoms with E-state index in [4.69, 9.17) is 4.74 Å². The van der Waals surface area contributed by atoms with E-state index in [0.717, 1.165) is 11.3 Å². The van der Waals surface area contributed by atoms with E-state index >= 15 is 0 Å². The van der Waals surface area contributed by atoms with Crippen molar-refractivity contribution in [3.63, 3.8) is 0 Å². The van der Waals surface area contributed by atoms with E-state index < -0.39 is 0 Å². The normalized spacial score (nSPS) is 10.4. The van der Waals surface area contributed by atoms with E-state index in [0.29, 0.717) is 17.0 Å². The minimum Gasteiger partial charge on any atom is -0.497 e. The molecule has 1 heterocycles. The van der Waals surface area contributed by atoms with Crippen LogP contribution in [-0.2, 0) is 9.53 Å². The van der Waals surface area contributed by atoms with E-state index in [1.54, 1.807) is 18.0 Å². The molecule has 1 aromatic heterocycles. The first-order valence-electron chi connectivity index (χ1n) is 8.77. The summed E-state index contributed by atoms with van der Waals surface area (Å²) < 4.78 is 11.5. The van der Waals surface area contributed by atoms with Crippen LogP contribution in [0.5, 0.6) is 5.75 Å². The zero-order valence-corrected chi connectivity index (χ0v) is 15.7. The highest BCUT2D eigenvalue weighted by Gasteiger charge is 2.19. The predicted molar refractivity (Wildman–Crippen MR) is 105 cm³/mol. The molecular weight excluding hydrogens is 358 g/mol. The SMILES string of the molecule is COC(=O)CCNC(=O)c1cn(-c2ccccc2)nc1-c1cccc(OC)c1. The van der Waals surface area contributed by atoms with E-state index in [9.17, 15) is 9.59 Å². The van der Waals surface area contributed by atoms with Crippen LogP contribution in [0, 0.1) is 0 Å². The molecule has 0 aliphatic carbocycles. The Morgan fingerprint density at radius 1 is 1.07 bits per heavy atom. The van der Waals surface area contributed by atoms with Gasteiger partial charge in [-0.25, -0.2) is 4.68 Å². The molecule has 0 saturated carbocycles. The van der Waals surface area contributed by atoms with Crippen molar-refractivity contribution in [1.29, 1.82) is 0 Å². The van der Waals surface area contributed by atoms with Crippen molar-refractivity contribution < 1.29 is 19.1 Å². The lowest BCUT2D eigenvalue weighted by molar-refractivity contribution is -0.140. The standard InChI is InChI=1S/C21H21N3O4/c1-27-17-10-6-7-15(13-17)20-18(21(26)22-12-11-19(25)28-2)14-24(23-20)16-8-4-3-5-9-16/h3-10,13-14H,11-12H2,1-2H3,(H,22,26). The summed E-state index contributed by atoms with van der Waals surface area (Å²) in [6, 6.07) is 16.9. The Kier molecular flexibility index (Phi) is 6.06. The van der Waals surface area contributed by atoms with Crippen LogP contribution in [0.2, 0.25) is 0 Å². The smallest absolute Gasteiger partial charge is 0.307 e. The molecule has 1 amide bonds. The largest absolute Gasteiger partial charge is 0.497 e. The molecule has 3 aromatic rings. The van der Waals surface area contributed by atoms with Gasteiger partial charge >= 0.3 is 5.97 Å². The molecule has 2 aromatic carbocycles. The van der Waals surface area contributed by atoms with Gasteiger partial charge in [0.15, 0.2) is 0 Å². The summed E-state index contributed by atoms with van der Waals surface area (Å²) in [5.74, 6) is -0.0268. The molecule has 1 N–H and O–H groups in total. The van der Waals surface area contributed by atoms with Crippen molar-refractivity contribution in [2.24, 2.45) is 0 Å². The molecule has 0 unspecified atom stereocenters. The maximum absolute atomic E-state index is 12.8. The van der Waals surface area contributed by atoms with Crippen molar-refractivity contribution in [1.82, 2.24) is 15.1 Å². The molecule has 0 radical (unpaired) electrons. The van der Waals surface area contributed by atoms with Gasteiger partial charge in [0.2, 0.25) is 0 Å². The lowest BCUT2D eigenvalue weighted by atomic mass is 10.1. The average molecular weight is 379 g/mol. The minimum absolute atomic E-state index is 0.101. The summed E-state index contributed by atoms with van der Waals surface area (Å²) in [6.07, 6.45) is 1.78. The molecule has 0 aliphatic rings. The van der Waals surface area contributed by atoms with Gasteiger partial charge in [0.1, 0.15) is 11.4 Å². The number of carbonyl (C=O) groups is 2. The molecule has 0 aliphatic heterocycles. The quantitative estimate of drug-likeness (QED) is 0.639. The second kappa shape index (κ2) is 8.85. The number of rotatable bonds is 7. The molecular formula is C21H21N3O4. The van der Waals surface area contributed by atoms with Crippen LogP contribution in [0.15, 0.2) is 60.8 Å². The number of carbonyl (C=O) groups excluding carboxylic acids is 2. The third kappa shape index (κ3) is 4.37. The highest BCUT2D eigenvalue weighted by molar-refractivity contribution is 6.00. The van der Waals surface area contributed by atoms with Gasteiger partial charge in [-0.1, -0.05) is 30.3 Å². The number of nitrogens with one attached hydrogen (secondary N) is 1. The Morgan fingerprint density at radius 3 is 2.57 bits per heavy atom. The monoisotopic (exact) mass is 379 g/mol. The van der Waals surface area contributed by atoms with Crippen LogP contribution in [0.4, 0.5) is 0 Å². The lowest BCUT2D eigenvalue weighted by Gasteiger charge is -2.06. The Bertz CT molecular complexity index is 967. The number of hydrogen-bond donors (Lipinski definition) is 1. The van der Waals surface area contributed by atoms with Crippen LogP contribution in [0.25, 0.3) is 16.9 Å². The van der Waals surface area contributed by atoms with Crippen LogP contribution in [0.1, 0.15) is 16.8 Å². The Morgan fingerprint density at radius 2 is 1.86 bits per heavy atom. The number of amides is 1. The lowest BCUT2D eigenvalue weighted by Crippen LogP contribution is -2.26. The maximum Gasteiger partial charge on any atom is 0.307 e. The first-order chi connectivity index (χ1) is 13.6. The molecule has 7 heteroatoms. The van der Waals surface area contributed by atoms with Crippen molar-refractivity contribution >= 4 is 11.9 Å². The van der Waals surface area contributed by atoms with E-state index in [1.165, 1.54) is 7.11 Å². The van der Waals surface area contributed by atoms with Crippen LogP contribution in [-0.4, -0.2) is 42.4 Å². The first kappa shape index (κ1) is 19.2. The molecule has 7 nitrogen and oxygen atoms in total.